The number of hydrogen-bond donors (Lipinski definition) is 1. The Kier molecular flexibility index (Phi) is 8.33. The summed E-state index contributed by atoms with van der Waals surface area (Å²) in [5.41, 5.74) is 6.37. The first kappa shape index (κ1) is 30.3. The van der Waals surface area contributed by atoms with E-state index in [9.17, 15) is 18.0 Å². The lowest BCUT2D eigenvalue weighted by molar-refractivity contribution is -0.131. The number of aliphatic carboxylic acids is 1. The highest BCUT2D eigenvalue weighted by Crippen LogP contribution is 2.32. The number of anilines is 1. The molecule has 2 heterocycles. The minimum atomic E-state index is -3.67. The Morgan fingerprint density at radius 3 is 2.13 bits per heavy atom. The van der Waals surface area contributed by atoms with Gasteiger partial charge in [-0.1, -0.05) is 71.7 Å². The zero-order valence-electron chi connectivity index (χ0n) is 23.6. The molecule has 4 aromatic carbocycles. The van der Waals surface area contributed by atoms with Crippen LogP contribution >= 0.6 is 23.2 Å². The van der Waals surface area contributed by atoms with Gasteiger partial charge in [-0.25, -0.2) is 18.2 Å². The number of carbonyl (C=O) groups excluding carboxylic acids is 1. The molecule has 1 aliphatic rings. The van der Waals surface area contributed by atoms with Gasteiger partial charge < -0.3 is 9.67 Å². The van der Waals surface area contributed by atoms with Crippen LogP contribution in [0.2, 0.25) is 10.0 Å². The van der Waals surface area contributed by atoms with Gasteiger partial charge in [-0.05, 0) is 70.8 Å². The zero-order valence-corrected chi connectivity index (χ0v) is 25.9. The third kappa shape index (κ3) is 6.71. The Labute approximate surface area is 269 Å². The summed E-state index contributed by atoms with van der Waals surface area (Å²) in [5, 5.41) is 9.82. The molecule has 0 spiro atoms. The van der Waals surface area contributed by atoms with Crippen LogP contribution in [0, 0.1) is 0 Å². The minimum Gasteiger partial charge on any atom is -0.478 e. The summed E-state index contributed by atoms with van der Waals surface area (Å²) in [6, 6.07) is 27.9. The van der Waals surface area contributed by atoms with Crippen molar-refractivity contribution in [2.24, 2.45) is 0 Å². The zero-order chi connectivity index (χ0) is 31.7. The van der Waals surface area contributed by atoms with Crippen LogP contribution in [0.5, 0.6) is 0 Å². The Balaban J connectivity index is 1.30. The lowest BCUT2D eigenvalue weighted by atomic mass is 10.0. The predicted molar refractivity (Wildman–Crippen MR) is 177 cm³/mol. The highest BCUT2D eigenvalue weighted by atomic mass is 35.5. The average Bonchev–Trinajstić information content (AvgIpc) is 3.55. The minimum absolute atomic E-state index is 0.168. The number of sulfonamides is 1. The lowest BCUT2D eigenvalue weighted by Crippen LogP contribution is -2.25. The SMILES string of the molecule is O=C(O)/C=C/c1ccc(-c2ccc(Cc3nc(-c4ccc(Cl)cc4Cl)cn3-c3ccc(N4CC(=O)CS4(=O)=O)cc3)cc2)cc1. The number of carbonyl (C=O) groups is 2. The molecule has 1 aromatic heterocycles. The molecule has 0 amide bonds. The maximum Gasteiger partial charge on any atom is 0.328 e. The highest BCUT2D eigenvalue weighted by molar-refractivity contribution is 7.94. The third-order valence-corrected chi connectivity index (χ3v) is 9.63. The second-order valence-corrected chi connectivity index (χ2v) is 13.3. The fourth-order valence-corrected chi connectivity index (χ4v) is 7.11. The number of imidazole rings is 1. The van der Waals surface area contributed by atoms with E-state index >= 15 is 0 Å². The van der Waals surface area contributed by atoms with E-state index in [1.165, 1.54) is 0 Å². The molecule has 1 aliphatic heterocycles. The Hall–Kier alpha value is -4.70. The second-order valence-electron chi connectivity index (χ2n) is 10.5. The van der Waals surface area contributed by atoms with Crippen LogP contribution in [0.15, 0.2) is 103 Å². The van der Waals surface area contributed by atoms with E-state index in [1.807, 2.05) is 65.4 Å². The van der Waals surface area contributed by atoms with Gasteiger partial charge in [-0.3, -0.25) is 9.10 Å². The van der Waals surface area contributed by atoms with Crippen molar-refractivity contribution in [3.8, 4) is 28.1 Å². The number of carboxylic acid groups (broad SMARTS) is 1. The molecule has 6 rings (SSSR count). The third-order valence-electron chi connectivity index (χ3n) is 7.38. The number of halogens is 2. The number of hydrogen-bond acceptors (Lipinski definition) is 5. The van der Waals surface area contributed by atoms with E-state index in [-0.39, 0.29) is 12.3 Å². The van der Waals surface area contributed by atoms with E-state index in [2.05, 4.69) is 0 Å². The van der Waals surface area contributed by atoms with Gasteiger partial charge in [0, 0.05) is 35.0 Å². The topological polar surface area (TPSA) is 110 Å². The van der Waals surface area contributed by atoms with Crippen molar-refractivity contribution in [3.63, 3.8) is 0 Å². The van der Waals surface area contributed by atoms with E-state index in [0.717, 1.165) is 49.7 Å². The van der Waals surface area contributed by atoms with E-state index < -0.39 is 21.7 Å². The fourth-order valence-electron chi connectivity index (χ4n) is 5.16. The van der Waals surface area contributed by atoms with Gasteiger partial charge in [-0.15, -0.1) is 0 Å². The summed E-state index contributed by atoms with van der Waals surface area (Å²) in [7, 11) is -3.67. The standard InChI is InChI=1S/C34H25Cl2N3O5S/c35-26-10-15-30(31(36)18-26)32-20-38(27-11-13-28(14-12-27)39-19-29(40)21-45(39,43)44)33(37-32)17-23-3-8-25(9-4-23)24-6-1-22(2-7-24)5-16-34(41)42/h1-16,18,20H,17,19,21H2,(H,41,42)/b16-5+. The number of benzene rings is 4. The molecule has 11 heteroatoms. The van der Waals surface area contributed by atoms with Crippen LogP contribution in [0.4, 0.5) is 5.69 Å². The Morgan fingerprint density at radius 1 is 0.889 bits per heavy atom. The van der Waals surface area contributed by atoms with Crippen molar-refractivity contribution in [3.05, 3.63) is 130 Å². The smallest absolute Gasteiger partial charge is 0.328 e. The average molecular weight is 659 g/mol. The van der Waals surface area contributed by atoms with Gasteiger partial charge >= 0.3 is 5.97 Å². The number of carboxylic acids is 1. The van der Waals surface area contributed by atoms with Crippen molar-refractivity contribution in [2.45, 2.75) is 6.42 Å². The van der Waals surface area contributed by atoms with Crippen molar-refractivity contribution in [1.29, 1.82) is 0 Å². The van der Waals surface area contributed by atoms with E-state index in [0.29, 0.717) is 27.8 Å². The summed E-state index contributed by atoms with van der Waals surface area (Å²) in [6.45, 7) is -0.168. The van der Waals surface area contributed by atoms with E-state index in [1.54, 1.807) is 42.5 Å². The molecule has 8 nitrogen and oxygen atoms in total. The first-order valence-electron chi connectivity index (χ1n) is 13.8. The lowest BCUT2D eigenvalue weighted by Gasteiger charge is -2.16. The Bertz CT molecular complexity index is 2050. The quantitative estimate of drug-likeness (QED) is 0.181. The van der Waals surface area contributed by atoms with Gasteiger partial charge in [0.2, 0.25) is 10.0 Å². The maximum absolute atomic E-state index is 12.4. The van der Waals surface area contributed by atoms with Crippen LogP contribution in [0.3, 0.4) is 0 Å². The summed E-state index contributed by atoms with van der Waals surface area (Å²) in [6.07, 6.45) is 5.02. The van der Waals surface area contributed by atoms with E-state index in [4.69, 9.17) is 33.3 Å². The van der Waals surface area contributed by atoms with Gasteiger partial charge in [0.25, 0.3) is 0 Å². The number of ketones is 1. The first-order chi connectivity index (χ1) is 21.6. The molecular formula is C34H25Cl2N3O5S. The molecular weight excluding hydrogens is 633 g/mol. The summed E-state index contributed by atoms with van der Waals surface area (Å²) in [5.74, 6) is -1.09. The van der Waals surface area contributed by atoms with Gasteiger partial charge in [0.15, 0.2) is 5.78 Å². The number of Topliss-reactive ketones (excluding diaryl/α,β-unsaturated/α-hetero) is 1. The van der Waals surface area contributed by atoms with Gasteiger partial charge in [0.05, 0.1) is 22.9 Å². The molecule has 0 atom stereocenters. The van der Waals surface area contributed by atoms with Crippen molar-refractivity contribution in [1.82, 2.24) is 9.55 Å². The molecule has 0 saturated carbocycles. The molecule has 1 fully saturated rings. The number of rotatable bonds is 8. The molecule has 1 N–H and O–H groups in total. The molecule has 0 radical (unpaired) electrons. The molecule has 45 heavy (non-hydrogen) atoms. The number of nitrogens with zero attached hydrogens (tertiary/aromatic N) is 3. The molecule has 0 aliphatic carbocycles. The molecule has 1 saturated heterocycles. The molecule has 0 bridgehead atoms. The monoisotopic (exact) mass is 657 g/mol. The van der Waals surface area contributed by atoms with Crippen LogP contribution < -0.4 is 4.31 Å². The summed E-state index contributed by atoms with van der Waals surface area (Å²) in [4.78, 5) is 27.5. The highest BCUT2D eigenvalue weighted by Gasteiger charge is 2.34. The summed E-state index contributed by atoms with van der Waals surface area (Å²) >= 11 is 12.7. The van der Waals surface area contributed by atoms with Gasteiger partial charge in [0.1, 0.15) is 11.6 Å². The van der Waals surface area contributed by atoms with Crippen LogP contribution in [0.1, 0.15) is 17.0 Å². The first-order valence-corrected chi connectivity index (χ1v) is 16.2. The normalized spacial score (nSPS) is 14.4. The van der Waals surface area contributed by atoms with Crippen LogP contribution in [0.25, 0.3) is 34.1 Å². The van der Waals surface area contributed by atoms with Crippen molar-refractivity contribution in [2.75, 3.05) is 16.6 Å². The fraction of sp³-hybridized carbons (Fsp3) is 0.0882. The van der Waals surface area contributed by atoms with Crippen LogP contribution in [-0.4, -0.2) is 47.1 Å². The number of aromatic nitrogens is 2. The summed E-state index contributed by atoms with van der Waals surface area (Å²) < 4.78 is 27.9. The molecule has 0 unspecified atom stereocenters. The van der Waals surface area contributed by atoms with Gasteiger partial charge in [-0.2, -0.15) is 0 Å². The Morgan fingerprint density at radius 2 is 1.53 bits per heavy atom. The maximum atomic E-state index is 12.4. The largest absolute Gasteiger partial charge is 0.478 e. The predicted octanol–water partition coefficient (Wildman–Crippen LogP) is 6.92. The van der Waals surface area contributed by atoms with Crippen molar-refractivity contribution < 1.29 is 23.1 Å². The molecule has 5 aromatic rings. The van der Waals surface area contributed by atoms with Crippen LogP contribution in [-0.2, 0) is 26.0 Å². The van der Waals surface area contributed by atoms with Crippen molar-refractivity contribution >= 4 is 56.7 Å². The molecule has 226 valence electrons. The second kappa shape index (κ2) is 12.4.